The second-order valence-corrected chi connectivity index (χ2v) is 6.78. The summed E-state index contributed by atoms with van der Waals surface area (Å²) in [5, 5.41) is 4.67. The van der Waals surface area contributed by atoms with Gasteiger partial charge in [-0.1, -0.05) is 20.8 Å². The van der Waals surface area contributed by atoms with Crippen molar-refractivity contribution in [2.75, 3.05) is 6.54 Å². The Kier molecular flexibility index (Phi) is 4.66. The Morgan fingerprint density at radius 2 is 1.95 bits per heavy atom. The van der Waals surface area contributed by atoms with Gasteiger partial charge in [0.2, 0.25) is 0 Å². The number of pyridine rings is 1. The maximum atomic E-state index is 4.49. The minimum absolute atomic E-state index is 0.153. The molecule has 0 unspecified atom stereocenters. The van der Waals surface area contributed by atoms with Gasteiger partial charge in [-0.3, -0.25) is 4.98 Å². The first-order valence-electron chi connectivity index (χ1n) is 6.60. The zero-order valence-electron chi connectivity index (χ0n) is 11.8. The van der Waals surface area contributed by atoms with Crippen LogP contribution in [0.5, 0.6) is 0 Å². The van der Waals surface area contributed by atoms with Crippen LogP contribution in [0.25, 0.3) is 0 Å². The number of nitrogens with one attached hydrogen (secondary N) is 1. The molecule has 0 saturated carbocycles. The molecule has 0 aliphatic carbocycles. The molecule has 2 rings (SSSR count). The highest BCUT2D eigenvalue weighted by molar-refractivity contribution is 7.11. The summed E-state index contributed by atoms with van der Waals surface area (Å²) < 4.78 is 0. The van der Waals surface area contributed by atoms with E-state index in [1.807, 2.05) is 18.6 Å². The Morgan fingerprint density at radius 1 is 1.21 bits per heavy atom. The van der Waals surface area contributed by atoms with Crippen molar-refractivity contribution in [3.63, 3.8) is 0 Å². The van der Waals surface area contributed by atoms with Crippen molar-refractivity contribution in [2.45, 2.75) is 39.2 Å². The van der Waals surface area contributed by atoms with E-state index in [-0.39, 0.29) is 5.41 Å². The van der Waals surface area contributed by atoms with Crippen molar-refractivity contribution in [3.05, 3.63) is 46.2 Å². The van der Waals surface area contributed by atoms with Crippen molar-refractivity contribution in [1.29, 1.82) is 0 Å². The molecule has 102 valence electrons. The van der Waals surface area contributed by atoms with Crippen LogP contribution in [0, 0.1) is 0 Å². The van der Waals surface area contributed by atoms with Gasteiger partial charge in [0.05, 0.1) is 5.01 Å². The maximum Gasteiger partial charge on any atom is 0.0981 e. The van der Waals surface area contributed by atoms with Gasteiger partial charge in [0.15, 0.2) is 0 Å². The fraction of sp³-hybridized carbons (Fsp3) is 0.467. The quantitative estimate of drug-likeness (QED) is 0.852. The molecule has 0 atom stereocenters. The minimum atomic E-state index is 0.153. The lowest BCUT2D eigenvalue weighted by molar-refractivity contribution is 0.585. The third-order valence-electron chi connectivity index (χ3n) is 2.83. The molecule has 1 N–H and O–H groups in total. The highest BCUT2D eigenvalue weighted by atomic mass is 32.1. The number of hydrogen-bond acceptors (Lipinski definition) is 4. The summed E-state index contributed by atoms with van der Waals surface area (Å²) in [6.45, 7) is 8.48. The molecule has 0 aliphatic heterocycles. The number of rotatable bonds is 5. The highest BCUT2D eigenvalue weighted by Crippen LogP contribution is 2.26. The van der Waals surface area contributed by atoms with Crippen LogP contribution in [0.15, 0.2) is 30.7 Å². The van der Waals surface area contributed by atoms with Crippen LogP contribution in [-0.4, -0.2) is 16.5 Å². The molecule has 0 spiro atoms. The molecule has 2 heterocycles. The van der Waals surface area contributed by atoms with Crippen LogP contribution < -0.4 is 5.32 Å². The average Bonchev–Trinajstić information content (AvgIpc) is 2.85. The van der Waals surface area contributed by atoms with Gasteiger partial charge in [-0.25, -0.2) is 4.98 Å². The van der Waals surface area contributed by atoms with Crippen molar-refractivity contribution in [2.24, 2.45) is 0 Å². The molecule has 0 aliphatic rings. The summed E-state index contributed by atoms with van der Waals surface area (Å²) in [5.41, 5.74) is 1.47. The lowest BCUT2D eigenvalue weighted by Gasteiger charge is -2.13. The fourth-order valence-electron chi connectivity index (χ4n) is 1.73. The fourth-order valence-corrected chi connectivity index (χ4v) is 2.67. The third kappa shape index (κ3) is 4.40. The summed E-state index contributed by atoms with van der Waals surface area (Å²) in [4.78, 5) is 9.82. The van der Waals surface area contributed by atoms with Crippen LogP contribution in [0.1, 0.15) is 36.2 Å². The standard InChI is InChI=1S/C15H21N3S/c1-15(2,3)14-18-11-13(19-14)10-17-9-6-12-4-7-16-8-5-12/h4-5,7-8,11,17H,6,9-10H2,1-3H3. The van der Waals surface area contributed by atoms with Gasteiger partial charge in [-0.2, -0.15) is 0 Å². The second kappa shape index (κ2) is 6.26. The van der Waals surface area contributed by atoms with Crippen LogP contribution in [0.2, 0.25) is 0 Å². The van der Waals surface area contributed by atoms with Gasteiger partial charge in [0.1, 0.15) is 0 Å². The topological polar surface area (TPSA) is 37.8 Å². The van der Waals surface area contributed by atoms with Crippen molar-refractivity contribution in [3.8, 4) is 0 Å². The van der Waals surface area contributed by atoms with E-state index in [9.17, 15) is 0 Å². The zero-order valence-corrected chi connectivity index (χ0v) is 12.6. The molecular weight excluding hydrogens is 254 g/mol. The number of thiazole rings is 1. The molecule has 0 saturated heterocycles. The van der Waals surface area contributed by atoms with E-state index in [1.165, 1.54) is 15.4 Å². The van der Waals surface area contributed by atoms with Crippen LogP contribution >= 0.6 is 11.3 Å². The molecule has 2 aromatic rings. The smallest absolute Gasteiger partial charge is 0.0981 e. The average molecular weight is 275 g/mol. The Balaban J connectivity index is 1.76. The minimum Gasteiger partial charge on any atom is -0.311 e. The first-order chi connectivity index (χ1) is 9.05. The Labute approximate surface area is 119 Å². The van der Waals surface area contributed by atoms with Gasteiger partial charge in [0, 0.05) is 35.4 Å². The Morgan fingerprint density at radius 3 is 2.58 bits per heavy atom. The lowest BCUT2D eigenvalue weighted by Crippen LogP contribution is -2.16. The highest BCUT2D eigenvalue weighted by Gasteiger charge is 2.17. The first-order valence-corrected chi connectivity index (χ1v) is 7.42. The predicted molar refractivity (Wildman–Crippen MR) is 80.5 cm³/mol. The van der Waals surface area contributed by atoms with Crippen molar-refractivity contribution in [1.82, 2.24) is 15.3 Å². The molecule has 0 aromatic carbocycles. The molecule has 0 radical (unpaired) electrons. The van der Waals surface area contributed by atoms with Gasteiger partial charge in [0.25, 0.3) is 0 Å². The number of nitrogens with zero attached hydrogens (tertiary/aromatic N) is 2. The Hall–Kier alpha value is -1.26. The molecule has 0 fully saturated rings. The van der Waals surface area contributed by atoms with Crippen LogP contribution in [-0.2, 0) is 18.4 Å². The normalized spacial score (nSPS) is 11.7. The van der Waals surface area contributed by atoms with E-state index in [0.29, 0.717) is 0 Å². The van der Waals surface area contributed by atoms with Crippen LogP contribution in [0.4, 0.5) is 0 Å². The van der Waals surface area contributed by atoms with Crippen LogP contribution in [0.3, 0.4) is 0 Å². The summed E-state index contributed by atoms with van der Waals surface area (Å²) in [5.74, 6) is 0. The van der Waals surface area contributed by atoms with E-state index < -0.39 is 0 Å². The van der Waals surface area contributed by atoms with Gasteiger partial charge >= 0.3 is 0 Å². The molecule has 2 aromatic heterocycles. The van der Waals surface area contributed by atoms with Crippen molar-refractivity contribution >= 4 is 11.3 Å². The maximum absolute atomic E-state index is 4.49. The largest absolute Gasteiger partial charge is 0.311 e. The summed E-state index contributed by atoms with van der Waals surface area (Å²) >= 11 is 1.80. The summed E-state index contributed by atoms with van der Waals surface area (Å²) in [7, 11) is 0. The van der Waals surface area contributed by atoms with E-state index in [4.69, 9.17) is 0 Å². The summed E-state index contributed by atoms with van der Waals surface area (Å²) in [6.07, 6.45) is 6.71. The molecule has 19 heavy (non-hydrogen) atoms. The molecule has 0 bridgehead atoms. The lowest BCUT2D eigenvalue weighted by atomic mass is 9.98. The van der Waals surface area contributed by atoms with E-state index in [1.54, 1.807) is 11.3 Å². The van der Waals surface area contributed by atoms with E-state index >= 15 is 0 Å². The molecule has 3 nitrogen and oxygen atoms in total. The monoisotopic (exact) mass is 275 g/mol. The van der Waals surface area contributed by atoms with Gasteiger partial charge in [-0.15, -0.1) is 11.3 Å². The molecule has 0 amide bonds. The number of aromatic nitrogens is 2. The number of hydrogen-bond donors (Lipinski definition) is 1. The first kappa shape index (κ1) is 14.2. The predicted octanol–water partition coefficient (Wildman–Crippen LogP) is 3.17. The third-order valence-corrected chi connectivity index (χ3v) is 4.26. The van der Waals surface area contributed by atoms with Gasteiger partial charge < -0.3 is 5.32 Å². The van der Waals surface area contributed by atoms with E-state index in [0.717, 1.165) is 19.5 Å². The van der Waals surface area contributed by atoms with E-state index in [2.05, 4.69) is 48.2 Å². The molecular formula is C15H21N3S. The zero-order chi connectivity index (χ0) is 13.7. The second-order valence-electron chi connectivity index (χ2n) is 5.66. The summed E-state index contributed by atoms with van der Waals surface area (Å²) in [6, 6.07) is 4.12. The SMILES string of the molecule is CC(C)(C)c1ncc(CNCCc2ccncc2)s1. The molecule has 4 heteroatoms. The Bertz CT molecular complexity index is 500. The van der Waals surface area contributed by atoms with Gasteiger partial charge in [-0.05, 0) is 30.7 Å². The van der Waals surface area contributed by atoms with Crippen molar-refractivity contribution < 1.29 is 0 Å².